The summed E-state index contributed by atoms with van der Waals surface area (Å²) in [4.78, 5) is 19.4. The predicted octanol–water partition coefficient (Wildman–Crippen LogP) is 3.73. The number of anilines is 1. The molecule has 0 spiro atoms. The molecule has 1 fully saturated rings. The lowest BCUT2D eigenvalue weighted by Gasteiger charge is -2.29. The third-order valence-corrected chi connectivity index (χ3v) is 5.86. The van der Waals surface area contributed by atoms with Gasteiger partial charge in [-0.1, -0.05) is 18.2 Å². The Hall–Kier alpha value is -4.04. The lowest BCUT2D eigenvalue weighted by Crippen LogP contribution is -2.37. The highest BCUT2D eigenvalue weighted by molar-refractivity contribution is 5.98. The molecule has 0 bridgehead atoms. The second-order valence-electron chi connectivity index (χ2n) is 8.01. The molecule has 1 saturated heterocycles. The highest BCUT2D eigenvalue weighted by atomic mass is 16.5. The van der Waals surface area contributed by atoms with Crippen molar-refractivity contribution in [2.24, 2.45) is 4.99 Å². The minimum absolute atomic E-state index is 0.487. The smallest absolute Gasteiger partial charge is 0.158 e. The summed E-state index contributed by atoms with van der Waals surface area (Å²) in [5.74, 6) is 1.01. The summed E-state index contributed by atoms with van der Waals surface area (Å²) >= 11 is 0. The van der Waals surface area contributed by atoms with E-state index in [1.807, 2.05) is 53.5 Å². The van der Waals surface area contributed by atoms with Crippen molar-refractivity contribution in [3.8, 4) is 11.3 Å². The van der Waals surface area contributed by atoms with Gasteiger partial charge in [0, 0.05) is 72.1 Å². The van der Waals surface area contributed by atoms with Crippen LogP contribution in [0.1, 0.15) is 11.3 Å². The van der Waals surface area contributed by atoms with Crippen LogP contribution in [0.5, 0.6) is 0 Å². The first-order valence-corrected chi connectivity index (χ1v) is 11.0. The summed E-state index contributed by atoms with van der Waals surface area (Å²) in [7, 11) is 0. The number of nitrogens with one attached hydrogen (secondary N) is 1. The molecule has 0 amide bonds. The monoisotopic (exact) mass is 437 g/mol. The number of ether oxygens (including phenoxy) is 1. The summed E-state index contributed by atoms with van der Waals surface area (Å²) in [5.41, 5.74) is 5.70. The first-order chi connectivity index (χ1) is 16.3. The molecule has 164 valence electrons. The number of hydrogen-bond acceptors (Lipinski definition) is 6. The summed E-state index contributed by atoms with van der Waals surface area (Å²) in [6, 6.07) is 16.2. The third kappa shape index (κ3) is 3.85. The number of para-hydroxylation sites is 1. The number of hydrogen-bond donors (Lipinski definition) is 1. The average Bonchev–Trinajstić information content (AvgIpc) is 3.49. The van der Waals surface area contributed by atoms with E-state index in [4.69, 9.17) is 19.8 Å². The maximum atomic E-state index is 5.56. The van der Waals surface area contributed by atoms with Crippen LogP contribution in [-0.4, -0.2) is 57.1 Å². The first-order valence-electron chi connectivity index (χ1n) is 11.0. The number of fused-ring (bicyclic) bond motifs is 2. The van der Waals surface area contributed by atoms with Crippen LogP contribution in [0, 0.1) is 0 Å². The van der Waals surface area contributed by atoms with Crippen molar-refractivity contribution in [1.29, 1.82) is 0 Å². The molecule has 0 radical (unpaired) electrons. The van der Waals surface area contributed by atoms with Crippen molar-refractivity contribution < 1.29 is 4.74 Å². The van der Waals surface area contributed by atoms with Gasteiger partial charge in [0.15, 0.2) is 5.65 Å². The Morgan fingerprint density at radius 2 is 2.00 bits per heavy atom. The van der Waals surface area contributed by atoms with Gasteiger partial charge in [0.1, 0.15) is 5.82 Å². The first kappa shape index (κ1) is 19.6. The number of H-pyrrole nitrogens is 1. The zero-order valence-corrected chi connectivity index (χ0v) is 18.1. The van der Waals surface area contributed by atoms with Gasteiger partial charge in [-0.25, -0.2) is 4.98 Å². The molecular formula is C25H23N7O. The molecule has 0 unspecified atom stereocenters. The molecule has 6 rings (SSSR count). The van der Waals surface area contributed by atoms with E-state index >= 15 is 0 Å². The Labute approximate surface area is 190 Å². The molecular weight excluding hydrogens is 414 g/mol. The number of morpholine rings is 1. The normalized spacial score (nSPS) is 14.6. The molecule has 0 aliphatic carbocycles. The fraction of sp³-hybridized carbons (Fsp3) is 0.200. The summed E-state index contributed by atoms with van der Waals surface area (Å²) in [6.07, 6.45) is 7.49. The quantitative estimate of drug-likeness (QED) is 0.424. The maximum Gasteiger partial charge on any atom is 0.158 e. The van der Waals surface area contributed by atoms with Crippen LogP contribution < -0.4 is 4.90 Å². The molecule has 8 nitrogen and oxygen atoms in total. The van der Waals surface area contributed by atoms with Crippen LogP contribution in [-0.2, 0) is 11.3 Å². The number of nitrogens with zero attached hydrogens (tertiary/aromatic N) is 6. The third-order valence-electron chi connectivity index (χ3n) is 5.86. The molecule has 0 atom stereocenters. The number of aromatic nitrogens is 5. The number of aromatic amines is 1. The van der Waals surface area contributed by atoms with Gasteiger partial charge in [0.25, 0.3) is 0 Å². The molecule has 4 aromatic heterocycles. The predicted molar refractivity (Wildman–Crippen MR) is 129 cm³/mol. The highest BCUT2D eigenvalue weighted by Gasteiger charge is 2.18. The number of aliphatic imine (C=N–C) groups is 1. The van der Waals surface area contributed by atoms with Crippen molar-refractivity contribution in [1.82, 2.24) is 24.6 Å². The number of rotatable bonds is 5. The average molecular weight is 438 g/mol. The van der Waals surface area contributed by atoms with Crippen molar-refractivity contribution in [3.05, 3.63) is 78.4 Å². The SMILES string of the molecule is C(=NCc1cc(N2CCOCC2)n2nc(-c3cccnc3)cc2n1)c1c[nH]c2ccccc12. The Kier molecular flexibility index (Phi) is 5.04. The van der Waals surface area contributed by atoms with Crippen molar-refractivity contribution >= 4 is 28.6 Å². The minimum atomic E-state index is 0.487. The van der Waals surface area contributed by atoms with Gasteiger partial charge in [0.05, 0.1) is 31.1 Å². The van der Waals surface area contributed by atoms with Crippen molar-refractivity contribution in [3.63, 3.8) is 0 Å². The molecule has 33 heavy (non-hydrogen) atoms. The van der Waals surface area contributed by atoms with Crippen LogP contribution in [0.3, 0.4) is 0 Å². The van der Waals surface area contributed by atoms with Crippen LogP contribution in [0.15, 0.2) is 72.1 Å². The van der Waals surface area contributed by atoms with E-state index < -0.39 is 0 Å². The summed E-state index contributed by atoms with van der Waals surface area (Å²) < 4.78 is 7.47. The van der Waals surface area contributed by atoms with Crippen LogP contribution in [0.25, 0.3) is 27.8 Å². The topological polar surface area (TPSA) is 83.7 Å². The Bertz CT molecular complexity index is 1430. The molecule has 5 heterocycles. The van der Waals surface area contributed by atoms with Crippen LogP contribution >= 0.6 is 0 Å². The second kappa shape index (κ2) is 8.48. The lowest BCUT2D eigenvalue weighted by molar-refractivity contribution is 0.122. The van der Waals surface area contributed by atoms with Gasteiger partial charge in [-0.15, -0.1) is 0 Å². The largest absolute Gasteiger partial charge is 0.378 e. The maximum absolute atomic E-state index is 5.56. The molecule has 1 N–H and O–H groups in total. The number of pyridine rings is 1. The zero-order chi connectivity index (χ0) is 22.0. The molecule has 5 aromatic rings. The van der Waals surface area contributed by atoms with Gasteiger partial charge < -0.3 is 14.6 Å². The summed E-state index contributed by atoms with van der Waals surface area (Å²) in [6.45, 7) is 3.53. The summed E-state index contributed by atoms with van der Waals surface area (Å²) in [5, 5.41) is 6.01. The Morgan fingerprint density at radius 1 is 1.09 bits per heavy atom. The fourth-order valence-electron chi connectivity index (χ4n) is 4.20. The highest BCUT2D eigenvalue weighted by Crippen LogP contribution is 2.24. The van der Waals surface area contributed by atoms with Crippen molar-refractivity contribution in [2.75, 3.05) is 31.2 Å². The standard InChI is InChI=1S/C25H23N7O/c1-2-6-22-21(5-1)19(16-28-22)15-27-17-20-12-25(31-8-10-33-11-9-31)32-24(29-20)13-23(30-32)18-4-3-7-26-14-18/h1-7,12-16,28H,8-11,17H2. The Morgan fingerprint density at radius 3 is 2.88 bits per heavy atom. The molecule has 1 aliphatic rings. The molecule has 1 aliphatic heterocycles. The zero-order valence-electron chi connectivity index (χ0n) is 18.1. The van der Waals surface area contributed by atoms with Gasteiger partial charge in [0.2, 0.25) is 0 Å². The van der Waals surface area contributed by atoms with Crippen LogP contribution in [0.2, 0.25) is 0 Å². The van der Waals surface area contributed by atoms with E-state index in [0.29, 0.717) is 19.8 Å². The van der Waals surface area contributed by atoms with Crippen molar-refractivity contribution in [2.45, 2.75) is 6.54 Å². The second-order valence-corrected chi connectivity index (χ2v) is 8.01. The van der Waals surface area contributed by atoms with E-state index in [1.165, 1.54) is 0 Å². The van der Waals surface area contributed by atoms with Crippen LogP contribution in [0.4, 0.5) is 5.82 Å². The lowest BCUT2D eigenvalue weighted by atomic mass is 10.2. The molecule has 1 aromatic carbocycles. The fourth-order valence-corrected chi connectivity index (χ4v) is 4.20. The molecule has 8 heteroatoms. The van der Waals surface area contributed by atoms with Gasteiger partial charge in [-0.3, -0.25) is 9.98 Å². The van der Waals surface area contributed by atoms with E-state index in [2.05, 4.69) is 33.1 Å². The van der Waals surface area contributed by atoms with E-state index in [1.54, 1.807) is 6.20 Å². The van der Waals surface area contributed by atoms with E-state index in [-0.39, 0.29) is 0 Å². The molecule has 0 saturated carbocycles. The van der Waals surface area contributed by atoms with E-state index in [0.717, 1.165) is 58.0 Å². The van der Waals surface area contributed by atoms with Gasteiger partial charge in [-0.05, 0) is 18.2 Å². The van der Waals surface area contributed by atoms with Gasteiger partial charge in [-0.2, -0.15) is 9.61 Å². The van der Waals surface area contributed by atoms with E-state index in [9.17, 15) is 0 Å². The Balaban J connectivity index is 1.36. The number of benzene rings is 1. The van der Waals surface area contributed by atoms with Gasteiger partial charge >= 0.3 is 0 Å². The minimum Gasteiger partial charge on any atom is -0.378 e.